The van der Waals surface area contributed by atoms with E-state index in [-0.39, 0.29) is 24.3 Å². The minimum absolute atomic E-state index is 0.119. The Kier molecular flexibility index (Phi) is 9.60. The molecule has 2 N–H and O–H groups in total. The maximum absolute atomic E-state index is 13.0. The van der Waals surface area contributed by atoms with Crippen LogP contribution < -0.4 is 0 Å². The van der Waals surface area contributed by atoms with Crippen molar-refractivity contribution >= 4 is 12.2 Å². The van der Waals surface area contributed by atoms with Crippen molar-refractivity contribution in [3.05, 3.63) is 72.1 Å². The molecule has 4 heterocycles. The normalized spacial score (nSPS) is 18.3. The zero-order chi connectivity index (χ0) is 34.9. The quantitative estimate of drug-likeness (QED) is 0.203. The molecule has 0 aliphatic carbocycles. The number of hydrogen-bond acceptors (Lipinski definition) is 6. The van der Waals surface area contributed by atoms with E-state index < -0.39 is 11.2 Å². The number of aromatic nitrogens is 4. The van der Waals surface area contributed by atoms with Crippen LogP contribution in [0, 0.1) is 0 Å². The van der Waals surface area contributed by atoms with Crippen LogP contribution in [0.2, 0.25) is 0 Å². The molecule has 2 aliphatic heterocycles. The van der Waals surface area contributed by atoms with E-state index in [1.807, 2.05) is 52.6 Å². The molecule has 2 atom stereocenters. The predicted octanol–water partition coefficient (Wildman–Crippen LogP) is 9.23. The SMILES string of the molecule is CCCc1[nH]c([C@@H]2CCCN2C(=O)OC(C)(C)C)nc1-c1ccc(-c2ccc(-c3cnc([C@@H]4CCCN4C(=O)OC(C)(C)C)[nH]3)cc2)cc1. The van der Waals surface area contributed by atoms with Gasteiger partial charge in [-0.3, -0.25) is 9.80 Å². The Labute approximate surface area is 289 Å². The number of ether oxygens (including phenoxy) is 2. The molecule has 0 saturated carbocycles. The lowest BCUT2D eigenvalue weighted by Crippen LogP contribution is -2.36. The fraction of sp³-hybridized carbons (Fsp3) is 0.487. The summed E-state index contributed by atoms with van der Waals surface area (Å²) >= 11 is 0. The fourth-order valence-corrected chi connectivity index (χ4v) is 6.75. The number of benzene rings is 2. The van der Waals surface area contributed by atoms with Gasteiger partial charge in [0.15, 0.2) is 0 Å². The van der Waals surface area contributed by atoms with Gasteiger partial charge in [-0.05, 0) is 90.3 Å². The van der Waals surface area contributed by atoms with Crippen molar-refractivity contribution in [1.82, 2.24) is 29.7 Å². The third kappa shape index (κ3) is 7.84. The number of aromatic amines is 2. The van der Waals surface area contributed by atoms with Gasteiger partial charge in [-0.2, -0.15) is 0 Å². The number of imidazole rings is 2. The van der Waals surface area contributed by atoms with Crippen LogP contribution in [0.15, 0.2) is 54.7 Å². The smallest absolute Gasteiger partial charge is 0.410 e. The molecule has 0 spiro atoms. The summed E-state index contributed by atoms with van der Waals surface area (Å²) in [5.74, 6) is 1.61. The van der Waals surface area contributed by atoms with Crippen molar-refractivity contribution in [2.75, 3.05) is 13.1 Å². The number of carbonyl (C=O) groups is 2. The molecule has 6 rings (SSSR count). The predicted molar refractivity (Wildman–Crippen MR) is 191 cm³/mol. The van der Waals surface area contributed by atoms with E-state index in [0.717, 1.165) is 89.5 Å². The molecule has 2 aromatic heterocycles. The number of rotatable bonds is 7. The molecule has 0 radical (unpaired) electrons. The maximum Gasteiger partial charge on any atom is 0.410 e. The molecular weight excluding hydrogens is 616 g/mol. The second kappa shape index (κ2) is 13.7. The Balaban J connectivity index is 1.16. The van der Waals surface area contributed by atoms with Crippen LogP contribution in [0.1, 0.15) is 110 Å². The van der Waals surface area contributed by atoms with Crippen molar-refractivity contribution in [1.29, 1.82) is 0 Å². The van der Waals surface area contributed by atoms with Crippen LogP contribution >= 0.6 is 0 Å². The lowest BCUT2D eigenvalue weighted by atomic mass is 10.00. The number of hydrogen-bond donors (Lipinski definition) is 2. The molecule has 10 nitrogen and oxygen atoms in total. The summed E-state index contributed by atoms with van der Waals surface area (Å²) in [6.07, 6.45) is 6.68. The van der Waals surface area contributed by atoms with Crippen molar-refractivity contribution in [3.8, 4) is 33.6 Å². The number of aryl methyl sites for hydroxylation is 1. The molecule has 2 fully saturated rings. The lowest BCUT2D eigenvalue weighted by Gasteiger charge is -2.27. The highest BCUT2D eigenvalue weighted by molar-refractivity contribution is 5.73. The number of nitrogens with one attached hydrogen (secondary N) is 2. The maximum atomic E-state index is 13.0. The van der Waals surface area contributed by atoms with Crippen LogP contribution in [0.4, 0.5) is 9.59 Å². The number of nitrogens with zero attached hydrogens (tertiary/aromatic N) is 4. The van der Waals surface area contributed by atoms with Crippen LogP contribution in [-0.2, 0) is 15.9 Å². The molecule has 10 heteroatoms. The van der Waals surface area contributed by atoms with Gasteiger partial charge < -0.3 is 19.4 Å². The van der Waals surface area contributed by atoms with E-state index in [1.54, 1.807) is 4.90 Å². The third-order valence-corrected chi connectivity index (χ3v) is 8.97. The molecular formula is C39H50N6O4. The van der Waals surface area contributed by atoms with E-state index in [0.29, 0.717) is 13.1 Å². The second-order valence-electron chi connectivity index (χ2n) is 15.2. The van der Waals surface area contributed by atoms with E-state index in [2.05, 4.69) is 70.4 Å². The first kappa shape index (κ1) is 34.3. The summed E-state index contributed by atoms with van der Waals surface area (Å²) in [5, 5.41) is 0. The zero-order valence-corrected chi connectivity index (χ0v) is 29.9. The minimum atomic E-state index is -0.543. The first-order valence-corrected chi connectivity index (χ1v) is 17.6. The Morgan fingerprint density at radius 1 is 0.735 bits per heavy atom. The highest BCUT2D eigenvalue weighted by Crippen LogP contribution is 2.36. The molecule has 2 aromatic carbocycles. The standard InChI is InChI=1S/C39H50N6O4/c1-8-11-29-33(43-35(41-29)32-13-10-23-45(32)37(47)49-39(5,6)7)28-20-16-26(17-21-28)25-14-18-27(19-15-25)30-24-40-34(42-30)31-12-9-22-44(31)36(46)48-38(2,3)4/h14-21,24,31-32H,8-13,22-23H2,1-7H3,(H,40,42)(H,41,43)/t31-,32-/m0/s1. The number of H-pyrrole nitrogens is 2. The van der Waals surface area contributed by atoms with Gasteiger partial charge in [0.2, 0.25) is 0 Å². The Morgan fingerprint density at radius 2 is 1.22 bits per heavy atom. The largest absolute Gasteiger partial charge is 0.444 e. The van der Waals surface area contributed by atoms with Gasteiger partial charge in [0.25, 0.3) is 0 Å². The van der Waals surface area contributed by atoms with E-state index in [9.17, 15) is 9.59 Å². The van der Waals surface area contributed by atoms with Crippen molar-refractivity contribution in [3.63, 3.8) is 0 Å². The van der Waals surface area contributed by atoms with Crippen LogP contribution in [0.5, 0.6) is 0 Å². The van der Waals surface area contributed by atoms with Crippen LogP contribution in [-0.4, -0.2) is 66.2 Å². The van der Waals surface area contributed by atoms with Crippen LogP contribution in [0.25, 0.3) is 33.6 Å². The summed E-state index contributed by atoms with van der Waals surface area (Å²) < 4.78 is 11.3. The zero-order valence-electron chi connectivity index (χ0n) is 29.9. The van der Waals surface area contributed by atoms with Gasteiger partial charge in [0.05, 0.1) is 29.7 Å². The highest BCUT2D eigenvalue weighted by atomic mass is 16.6. The van der Waals surface area contributed by atoms with Gasteiger partial charge in [0.1, 0.15) is 22.9 Å². The second-order valence-corrected chi connectivity index (χ2v) is 15.2. The summed E-state index contributed by atoms with van der Waals surface area (Å²) in [7, 11) is 0. The third-order valence-electron chi connectivity index (χ3n) is 8.97. The molecule has 4 aromatic rings. The van der Waals surface area contributed by atoms with E-state index in [4.69, 9.17) is 14.5 Å². The van der Waals surface area contributed by atoms with Crippen molar-refractivity contribution < 1.29 is 19.1 Å². The van der Waals surface area contributed by atoms with Gasteiger partial charge >= 0.3 is 12.2 Å². The first-order chi connectivity index (χ1) is 23.3. The minimum Gasteiger partial charge on any atom is -0.444 e. The average molecular weight is 667 g/mol. The molecule has 260 valence electrons. The molecule has 49 heavy (non-hydrogen) atoms. The molecule has 2 aliphatic rings. The highest BCUT2D eigenvalue weighted by Gasteiger charge is 2.36. The summed E-state index contributed by atoms with van der Waals surface area (Å²) in [6, 6.07) is 16.7. The first-order valence-electron chi connectivity index (χ1n) is 17.6. The summed E-state index contributed by atoms with van der Waals surface area (Å²) in [6.45, 7) is 14.8. The van der Waals surface area contributed by atoms with Gasteiger partial charge in [-0.25, -0.2) is 19.6 Å². The van der Waals surface area contributed by atoms with Crippen molar-refractivity contribution in [2.24, 2.45) is 0 Å². The Morgan fingerprint density at radius 3 is 1.73 bits per heavy atom. The Hall–Kier alpha value is -4.60. The van der Waals surface area contributed by atoms with Crippen LogP contribution in [0.3, 0.4) is 0 Å². The van der Waals surface area contributed by atoms with E-state index >= 15 is 0 Å². The molecule has 0 bridgehead atoms. The lowest BCUT2D eigenvalue weighted by molar-refractivity contribution is 0.0208. The molecule has 0 unspecified atom stereocenters. The van der Waals surface area contributed by atoms with E-state index in [1.165, 1.54) is 0 Å². The number of carbonyl (C=O) groups excluding carboxylic acids is 2. The average Bonchev–Trinajstić information content (AvgIpc) is 3.86. The van der Waals surface area contributed by atoms with Gasteiger partial charge in [-0.15, -0.1) is 0 Å². The number of likely N-dealkylation sites (tertiary alicyclic amines) is 2. The molecule has 2 saturated heterocycles. The Bertz CT molecular complexity index is 1760. The van der Waals surface area contributed by atoms with Crippen molar-refractivity contribution in [2.45, 2.75) is 110 Å². The van der Waals surface area contributed by atoms with Gasteiger partial charge in [0, 0.05) is 24.3 Å². The fourth-order valence-electron chi connectivity index (χ4n) is 6.75. The topological polar surface area (TPSA) is 116 Å². The number of amides is 2. The monoisotopic (exact) mass is 666 g/mol. The summed E-state index contributed by atoms with van der Waals surface area (Å²) in [4.78, 5) is 46.2. The van der Waals surface area contributed by atoms with Gasteiger partial charge in [-0.1, -0.05) is 61.9 Å². The summed E-state index contributed by atoms with van der Waals surface area (Å²) in [5.41, 5.74) is 6.16. The molecule has 2 amide bonds.